The van der Waals surface area contributed by atoms with Gasteiger partial charge in [0.25, 0.3) is 0 Å². The van der Waals surface area contributed by atoms with Gasteiger partial charge in [0, 0.05) is 19.6 Å². The minimum atomic E-state index is -0.393. The Bertz CT molecular complexity index is 349. The molecule has 4 nitrogen and oxygen atoms in total. The minimum Gasteiger partial charge on any atom is -0.444 e. The number of carbonyl (C=O) groups is 1. The summed E-state index contributed by atoms with van der Waals surface area (Å²) < 4.78 is 5.48. The molecule has 0 N–H and O–H groups in total. The summed E-state index contributed by atoms with van der Waals surface area (Å²) in [6.07, 6.45) is 3.58. The van der Waals surface area contributed by atoms with E-state index >= 15 is 0 Å². The maximum absolute atomic E-state index is 12.1. The fraction of sp³-hybridized carbons (Fsp3) is 0.933. The van der Waals surface area contributed by atoms with Gasteiger partial charge in [0.1, 0.15) is 5.60 Å². The van der Waals surface area contributed by atoms with Crippen molar-refractivity contribution in [3.8, 4) is 0 Å². The van der Waals surface area contributed by atoms with Gasteiger partial charge in [-0.3, -0.25) is 0 Å². The first-order valence-corrected chi connectivity index (χ1v) is 7.34. The van der Waals surface area contributed by atoms with Crippen LogP contribution >= 0.6 is 0 Å². The molecular weight excluding hydrogens is 240 g/mol. The normalized spacial score (nSPS) is 30.8. The van der Waals surface area contributed by atoms with Crippen LogP contribution < -0.4 is 0 Å². The van der Waals surface area contributed by atoms with E-state index in [1.54, 1.807) is 0 Å². The molecule has 110 valence electrons. The zero-order valence-corrected chi connectivity index (χ0v) is 13.0. The second kappa shape index (κ2) is 4.97. The summed E-state index contributed by atoms with van der Waals surface area (Å²) in [4.78, 5) is 16.3. The molecule has 1 aliphatic carbocycles. The zero-order chi connectivity index (χ0) is 14.3. The fourth-order valence-corrected chi connectivity index (χ4v) is 3.40. The van der Waals surface area contributed by atoms with Gasteiger partial charge >= 0.3 is 6.09 Å². The maximum atomic E-state index is 12.1. The summed E-state index contributed by atoms with van der Waals surface area (Å²) in [6.45, 7) is 8.67. The van der Waals surface area contributed by atoms with E-state index in [4.69, 9.17) is 4.74 Å². The first-order chi connectivity index (χ1) is 8.72. The highest BCUT2D eigenvalue weighted by Gasteiger charge is 2.51. The zero-order valence-electron chi connectivity index (χ0n) is 13.0. The second-order valence-corrected chi connectivity index (χ2v) is 7.51. The van der Waals surface area contributed by atoms with Crippen LogP contribution in [0.25, 0.3) is 0 Å². The monoisotopic (exact) mass is 268 g/mol. The number of carbonyl (C=O) groups excluding carboxylic acids is 1. The van der Waals surface area contributed by atoms with E-state index in [2.05, 4.69) is 19.0 Å². The summed E-state index contributed by atoms with van der Waals surface area (Å²) in [5.74, 6) is 0.745. The Balaban J connectivity index is 1.91. The Kier molecular flexibility index (Phi) is 3.83. The molecule has 2 rings (SSSR count). The Morgan fingerprint density at radius 1 is 1.37 bits per heavy atom. The number of amides is 1. The van der Waals surface area contributed by atoms with Gasteiger partial charge in [0.2, 0.25) is 0 Å². The highest BCUT2D eigenvalue weighted by Crippen LogP contribution is 2.53. The summed E-state index contributed by atoms with van der Waals surface area (Å²) in [5, 5.41) is 0. The van der Waals surface area contributed by atoms with Crippen molar-refractivity contribution in [2.45, 2.75) is 45.6 Å². The molecule has 0 aromatic heterocycles. The van der Waals surface area contributed by atoms with E-state index in [0.717, 1.165) is 32.0 Å². The molecule has 0 radical (unpaired) electrons. The third kappa shape index (κ3) is 3.22. The van der Waals surface area contributed by atoms with Crippen molar-refractivity contribution in [1.82, 2.24) is 9.80 Å². The molecule has 4 heteroatoms. The smallest absolute Gasteiger partial charge is 0.410 e. The predicted octanol–water partition coefficient (Wildman–Crippen LogP) is 2.59. The molecule has 2 unspecified atom stereocenters. The van der Waals surface area contributed by atoms with Gasteiger partial charge in [-0.05, 0) is 65.5 Å². The lowest BCUT2D eigenvalue weighted by atomic mass is 9.59. The number of hydrogen-bond acceptors (Lipinski definition) is 3. The molecule has 2 atom stereocenters. The van der Waals surface area contributed by atoms with Crippen LogP contribution in [-0.4, -0.2) is 55.2 Å². The molecule has 19 heavy (non-hydrogen) atoms. The SMILES string of the molecule is CN(C)CC1CCC12CCN(C(=O)OC(C)(C)C)C2. The lowest BCUT2D eigenvalue weighted by Crippen LogP contribution is -2.48. The summed E-state index contributed by atoms with van der Waals surface area (Å²) in [7, 11) is 4.26. The standard InChI is InChI=1S/C15H28N2O2/c1-14(2,3)19-13(18)17-9-8-15(11-17)7-6-12(15)10-16(4)5/h12H,6-11H2,1-5H3. The van der Waals surface area contributed by atoms with Gasteiger partial charge in [0.15, 0.2) is 0 Å². The molecule has 0 aromatic carbocycles. The summed E-state index contributed by atoms with van der Waals surface area (Å²) in [5.41, 5.74) is -0.0172. The molecule has 1 heterocycles. The van der Waals surface area contributed by atoms with Crippen molar-refractivity contribution in [3.05, 3.63) is 0 Å². The fourth-order valence-electron chi connectivity index (χ4n) is 3.40. The van der Waals surface area contributed by atoms with Crippen LogP contribution in [0.1, 0.15) is 40.0 Å². The van der Waals surface area contributed by atoms with Crippen LogP contribution in [0.15, 0.2) is 0 Å². The lowest BCUT2D eigenvalue weighted by Gasteiger charge is -2.48. The number of hydrogen-bond donors (Lipinski definition) is 0. The van der Waals surface area contributed by atoms with E-state index in [0.29, 0.717) is 5.41 Å². The quantitative estimate of drug-likeness (QED) is 0.771. The van der Waals surface area contributed by atoms with Gasteiger partial charge < -0.3 is 14.5 Å². The van der Waals surface area contributed by atoms with Gasteiger partial charge in [0.05, 0.1) is 0 Å². The first kappa shape index (κ1) is 14.6. The van der Waals surface area contributed by atoms with Gasteiger partial charge in [-0.15, -0.1) is 0 Å². The van der Waals surface area contributed by atoms with Crippen LogP contribution in [0, 0.1) is 11.3 Å². The summed E-state index contributed by atoms with van der Waals surface area (Å²) >= 11 is 0. The highest BCUT2D eigenvalue weighted by molar-refractivity contribution is 5.68. The van der Waals surface area contributed by atoms with E-state index in [1.165, 1.54) is 12.8 Å². The number of nitrogens with zero attached hydrogens (tertiary/aromatic N) is 2. The van der Waals surface area contributed by atoms with Crippen molar-refractivity contribution < 1.29 is 9.53 Å². The van der Waals surface area contributed by atoms with Gasteiger partial charge in [-0.2, -0.15) is 0 Å². The largest absolute Gasteiger partial charge is 0.444 e. The van der Waals surface area contributed by atoms with E-state index in [-0.39, 0.29) is 6.09 Å². The molecule has 1 saturated carbocycles. The third-order valence-corrected chi connectivity index (χ3v) is 4.48. The average molecular weight is 268 g/mol. The lowest BCUT2D eigenvalue weighted by molar-refractivity contribution is 0.00462. The van der Waals surface area contributed by atoms with Crippen LogP contribution in [0.3, 0.4) is 0 Å². The highest BCUT2D eigenvalue weighted by atomic mass is 16.6. The predicted molar refractivity (Wildman–Crippen MR) is 76.1 cm³/mol. The minimum absolute atomic E-state index is 0.139. The molecule has 2 fully saturated rings. The maximum Gasteiger partial charge on any atom is 0.410 e. The number of likely N-dealkylation sites (tertiary alicyclic amines) is 1. The van der Waals surface area contributed by atoms with Crippen LogP contribution in [0.2, 0.25) is 0 Å². The van der Waals surface area contributed by atoms with Crippen LogP contribution in [0.5, 0.6) is 0 Å². The number of rotatable bonds is 2. The van der Waals surface area contributed by atoms with Crippen molar-refractivity contribution >= 4 is 6.09 Å². The molecular formula is C15H28N2O2. The molecule has 0 aromatic rings. The van der Waals surface area contributed by atoms with Crippen LogP contribution in [-0.2, 0) is 4.74 Å². The molecule has 0 bridgehead atoms. The molecule has 1 spiro atoms. The molecule has 2 aliphatic rings. The first-order valence-electron chi connectivity index (χ1n) is 7.34. The Morgan fingerprint density at radius 3 is 2.53 bits per heavy atom. The van der Waals surface area contributed by atoms with Gasteiger partial charge in [-0.25, -0.2) is 4.79 Å². The van der Waals surface area contributed by atoms with Crippen molar-refractivity contribution in [2.24, 2.45) is 11.3 Å². The topological polar surface area (TPSA) is 32.8 Å². The molecule has 1 amide bonds. The summed E-state index contributed by atoms with van der Waals surface area (Å²) in [6, 6.07) is 0. The average Bonchev–Trinajstić information content (AvgIpc) is 2.69. The van der Waals surface area contributed by atoms with E-state index < -0.39 is 5.60 Å². The van der Waals surface area contributed by atoms with Crippen molar-refractivity contribution in [2.75, 3.05) is 33.7 Å². The van der Waals surface area contributed by atoms with Crippen LogP contribution in [0.4, 0.5) is 4.79 Å². The second-order valence-electron chi connectivity index (χ2n) is 7.51. The number of ether oxygens (including phenoxy) is 1. The van der Waals surface area contributed by atoms with Crippen molar-refractivity contribution in [1.29, 1.82) is 0 Å². The Labute approximate surface area is 117 Å². The molecule has 1 saturated heterocycles. The Hall–Kier alpha value is -0.770. The van der Waals surface area contributed by atoms with E-state index in [1.807, 2.05) is 25.7 Å². The third-order valence-electron chi connectivity index (χ3n) is 4.48. The van der Waals surface area contributed by atoms with Gasteiger partial charge in [-0.1, -0.05) is 0 Å². The van der Waals surface area contributed by atoms with Crippen molar-refractivity contribution in [3.63, 3.8) is 0 Å². The molecule has 1 aliphatic heterocycles. The Morgan fingerprint density at radius 2 is 2.05 bits per heavy atom. The van der Waals surface area contributed by atoms with E-state index in [9.17, 15) is 4.79 Å².